The van der Waals surface area contributed by atoms with Crippen LogP contribution in [0.25, 0.3) is 0 Å². The molecule has 1 unspecified atom stereocenters. The summed E-state index contributed by atoms with van der Waals surface area (Å²) in [6, 6.07) is 14.7. The molecule has 28 heavy (non-hydrogen) atoms. The van der Waals surface area contributed by atoms with Crippen molar-refractivity contribution in [3.05, 3.63) is 64.7 Å². The van der Waals surface area contributed by atoms with Gasteiger partial charge < -0.3 is 10.1 Å². The highest BCUT2D eigenvalue weighted by Gasteiger charge is 2.38. The third-order valence-corrected chi connectivity index (χ3v) is 6.61. The largest absolute Gasteiger partial charge is 0.487 e. The molecule has 0 radical (unpaired) electrons. The predicted molar refractivity (Wildman–Crippen MR) is 118 cm³/mol. The first-order valence-corrected chi connectivity index (χ1v) is 11.3. The standard InChI is InChI=1S/C24H31NO2S/c1-5-24(6-2)14-21(20-9-7-8-10-22(20)27-24)25-23(26)16-28-15-19-12-17(3)11-18(4)13-19/h7-13,21H,5-6,14-16H2,1-4H3,(H,25,26). The van der Waals surface area contributed by atoms with E-state index in [0.717, 1.165) is 36.3 Å². The predicted octanol–water partition coefficient (Wildman–Crippen LogP) is 5.74. The minimum absolute atomic E-state index is 0.0131. The van der Waals surface area contributed by atoms with Crippen molar-refractivity contribution >= 4 is 17.7 Å². The first kappa shape index (κ1) is 20.8. The monoisotopic (exact) mass is 397 g/mol. The Bertz CT molecular complexity index is 809. The van der Waals surface area contributed by atoms with E-state index in [1.807, 2.05) is 18.2 Å². The van der Waals surface area contributed by atoms with Gasteiger partial charge in [-0.2, -0.15) is 0 Å². The zero-order valence-corrected chi connectivity index (χ0v) is 18.2. The van der Waals surface area contributed by atoms with Crippen molar-refractivity contribution in [1.82, 2.24) is 5.32 Å². The first-order chi connectivity index (χ1) is 13.4. The van der Waals surface area contributed by atoms with Gasteiger partial charge in [0.05, 0.1) is 11.8 Å². The number of ether oxygens (including phenoxy) is 1. The van der Waals surface area contributed by atoms with E-state index in [0.29, 0.717) is 5.75 Å². The van der Waals surface area contributed by atoms with Gasteiger partial charge in [0.1, 0.15) is 11.4 Å². The van der Waals surface area contributed by atoms with E-state index >= 15 is 0 Å². The van der Waals surface area contributed by atoms with Crippen molar-refractivity contribution in [2.45, 2.75) is 64.4 Å². The maximum Gasteiger partial charge on any atom is 0.230 e. The number of amides is 1. The van der Waals surface area contributed by atoms with Gasteiger partial charge in [0.25, 0.3) is 0 Å². The van der Waals surface area contributed by atoms with Crippen LogP contribution >= 0.6 is 11.8 Å². The van der Waals surface area contributed by atoms with Crippen LogP contribution < -0.4 is 10.1 Å². The van der Waals surface area contributed by atoms with Crippen molar-refractivity contribution in [3.63, 3.8) is 0 Å². The normalized spacial score (nSPS) is 17.5. The molecule has 2 aromatic carbocycles. The Hall–Kier alpha value is -1.94. The topological polar surface area (TPSA) is 38.3 Å². The van der Waals surface area contributed by atoms with Gasteiger partial charge in [0.2, 0.25) is 5.91 Å². The van der Waals surface area contributed by atoms with Gasteiger partial charge in [-0.15, -0.1) is 11.8 Å². The van der Waals surface area contributed by atoms with Crippen LogP contribution in [-0.4, -0.2) is 17.3 Å². The summed E-state index contributed by atoms with van der Waals surface area (Å²) in [5, 5.41) is 3.27. The molecule has 3 nitrogen and oxygen atoms in total. The maximum atomic E-state index is 12.7. The number of para-hydroxylation sites is 1. The van der Waals surface area contributed by atoms with Crippen molar-refractivity contribution in [2.75, 3.05) is 5.75 Å². The van der Waals surface area contributed by atoms with E-state index in [1.165, 1.54) is 16.7 Å². The fourth-order valence-corrected chi connectivity index (χ4v) is 4.85. The van der Waals surface area contributed by atoms with E-state index in [2.05, 4.69) is 57.3 Å². The van der Waals surface area contributed by atoms with Gasteiger partial charge in [-0.05, 0) is 38.3 Å². The van der Waals surface area contributed by atoms with Gasteiger partial charge in [-0.25, -0.2) is 0 Å². The number of carbonyl (C=O) groups is 1. The molecule has 1 aliphatic heterocycles. The maximum absolute atomic E-state index is 12.7. The minimum Gasteiger partial charge on any atom is -0.487 e. The molecule has 0 aromatic heterocycles. The van der Waals surface area contributed by atoms with Crippen LogP contribution in [0.2, 0.25) is 0 Å². The van der Waals surface area contributed by atoms with Gasteiger partial charge >= 0.3 is 0 Å². The quantitative estimate of drug-likeness (QED) is 0.648. The average Bonchev–Trinajstić information content (AvgIpc) is 2.67. The molecule has 0 fully saturated rings. The number of nitrogens with one attached hydrogen (secondary N) is 1. The molecule has 4 heteroatoms. The molecule has 0 aliphatic carbocycles. The molecule has 3 rings (SSSR count). The second-order valence-electron chi connectivity index (χ2n) is 7.84. The number of hydrogen-bond donors (Lipinski definition) is 1. The van der Waals surface area contributed by atoms with Gasteiger partial charge in [0, 0.05) is 17.7 Å². The summed E-state index contributed by atoms with van der Waals surface area (Å²) in [5.74, 6) is 2.33. The second kappa shape index (κ2) is 9.04. The fourth-order valence-electron chi connectivity index (χ4n) is 4.08. The van der Waals surface area contributed by atoms with Crippen molar-refractivity contribution in [1.29, 1.82) is 0 Å². The summed E-state index contributed by atoms with van der Waals surface area (Å²) in [4.78, 5) is 12.7. The average molecular weight is 398 g/mol. The Labute approximate surface area is 173 Å². The molecule has 1 heterocycles. The summed E-state index contributed by atoms with van der Waals surface area (Å²) in [6.45, 7) is 8.56. The van der Waals surface area contributed by atoms with Crippen LogP contribution in [0.5, 0.6) is 5.75 Å². The summed E-state index contributed by atoms with van der Waals surface area (Å²) in [7, 11) is 0. The summed E-state index contributed by atoms with van der Waals surface area (Å²) in [5.41, 5.74) is 4.72. The van der Waals surface area contributed by atoms with Crippen LogP contribution in [0.1, 0.15) is 61.4 Å². The summed E-state index contributed by atoms with van der Waals surface area (Å²) >= 11 is 1.67. The van der Waals surface area contributed by atoms with Crippen LogP contribution in [-0.2, 0) is 10.5 Å². The molecule has 1 amide bonds. The lowest BCUT2D eigenvalue weighted by Crippen LogP contribution is -2.44. The van der Waals surface area contributed by atoms with Crippen molar-refractivity contribution in [2.24, 2.45) is 0 Å². The number of rotatable bonds is 7. The molecule has 150 valence electrons. The Morgan fingerprint density at radius 2 is 1.82 bits per heavy atom. The van der Waals surface area contributed by atoms with Crippen LogP contribution in [0.15, 0.2) is 42.5 Å². The number of carbonyl (C=O) groups excluding carboxylic acids is 1. The minimum atomic E-state index is -0.196. The van der Waals surface area contributed by atoms with E-state index in [4.69, 9.17) is 4.74 Å². The van der Waals surface area contributed by atoms with E-state index in [1.54, 1.807) is 11.8 Å². The molecule has 0 saturated heterocycles. The highest BCUT2D eigenvalue weighted by Crippen LogP contribution is 2.42. The van der Waals surface area contributed by atoms with E-state index in [9.17, 15) is 4.79 Å². The zero-order valence-electron chi connectivity index (χ0n) is 17.4. The molecule has 2 aromatic rings. The lowest BCUT2D eigenvalue weighted by molar-refractivity contribution is -0.120. The Morgan fingerprint density at radius 1 is 1.14 bits per heavy atom. The second-order valence-corrected chi connectivity index (χ2v) is 8.83. The van der Waals surface area contributed by atoms with Crippen molar-refractivity contribution < 1.29 is 9.53 Å². The first-order valence-electron chi connectivity index (χ1n) is 10.2. The zero-order chi connectivity index (χ0) is 20.1. The molecule has 0 saturated carbocycles. The van der Waals surface area contributed by atoms with Crippen LogP contribution in [0, 0.1) is 13.8 Å². The summed E-state index contributed by atoms with van der Waals surface area (Å²) < 4.78 is 6.33. The number of aryl methyl sites for hydroxylation is 2. The number of fused-ring (bicyclic) bond motifs is 1. The Morgan fingerprint density at radius 3 is 2.50 bits per heavy atom. The lowest BCUT2D eigenvalue weighted by Gasteiger charge is -2.41. The number of benzene rings is 2. The van der Waals surface area contributed by atoms with Gasteiger partial charge in [-0.1, -0.05) is 61.4 Å². The summed E-state index contributed by atoms with van der Waals surface area (Å²) in [6.07, 6.45) is 2.70. The molecular formula is C24H31NO2S. The van der Waals surface area contributed by atoms with Crippen molar-refractivity contribution in [3.8, 4) is 5.75 Å². The molecule has 0 spiro atoms. The van der Waals surface area contributed by atoms with E-state index in [-0.39, 0.29) is 17.6 Å². The lowest BCUT2D eigenvalue weighted by atomic mass is 9.83. The van der Waals surface area contributed by atoms with Crippen LogP contribution in [0.4, 0.5) is 0 Å². The highest BCUT2D eigenvalue weighted by atomic mass is 32.2. The van der Waals surface area contributed by atoms with Crippen LogP contribution in [0.3, 0.4) is 0 Å². The Balaban J connectivity index is 1.62. The third kappa shape index (κ3) is 4.91. The molecular weight excluding hydrogens is 366 g/mol. The molecule has 1 N–H and O–H groups in total. The molecule has 0 bridgehead atoms. The molecule has 1 atom stereocenters. The van der Waals surface area contributed by atoms with Gasteiger partial charge in [-0.3, -0.25) is 4.79 Å². The smallest absolute Gasteiger partial charge is 0.230 e. The number of hydrogen-bond acceptors (Lipinski definition) is 3. The van der Waals surface area contributed by atoms with Gasteiger partial charge in [0.15, 0.2) is 0 Å². The third-order valence-electron chi connectivity index (χ3n) is 5.60. The number of thioether (sulfide) groups is 1. The highest BCUT2D eigenvalue weighted by molar-refractivity contribution is 7.99. The molecule has 1 aliphatic rings. The SMILES string of the molecule is CCC1(CC)CC(NC(=O)CSCc2cc(C)cc(C)c2)c2ccccc2O1. The Kier molecular flexibility index (Phi) is 6.71. The van der Waals surface area contributed by atoms with E-state index < -0.39 is 0 Å². The fraction of sp³-hybridized carbons (Fsp3) is 0.458.